The first-order valence-electron chi connectivity index (χ1n) is 7.90. The van der Waals surface area contributed by atoms with Crippen LogP contribution in [0.15, 0.2) is 36.5 Å². The number of hydrogen-bond acceptors (Lipinski definition) is 5. The van der Waals surface area contributed by atoms with E-state index in [1.165, 1.54) is 0 Å². The molecule has 0 spiro atoms. The molecule has 1 atom stereocenters. The fraction of sp³-hybridized carbons (Fsp3) is 0.263. The molecule has 2 N–H and O–H groups in total. The number of carbonyl (C=O) groups excluding carboxylic acids is 1. The van der Waals surface area contributed by atoms with Crippen molar-refractivity contribution in [2.45, 2.75) is 18.9 Å². The zero-order valence-electron chi connectivity index (χ0n) is 14.7. The van der Waals surface area contributed by atoms with Gasteiger partial charge in [-0.05, 0) is 17.2 Å². The van der Waals surface area contributed by atoms with E-state index in [2.05, 4.69) is 15.9 Å². The topological polar surface area (TPSA) is 81.3 Å². The third-order valence-corrected chi connectivity index (χ3v) is 3.85. The molecule has 1 aromatic heterocycles. The molecule has 0 aliphatic rings. The summed E-state index contributed by atoms with van der Waals surface area (Å²) in [5, 5.41) is 0. The maximum Gasteiger partial charge on any atom is 0.316 e. The fourth-order valence-corrected chi connectivity index (χ4v) is 2.40. The fourth-order valence-electron chi connectivity index (χ4n) is 2.21. The Morgan fingerprint density at radius 2 is 2.12 bits per heavy atom. The van der Waals surface area contributed by atoms with Crippen molar-refractivity contribution in [1.29, 1.82) is 0 Å². The van der Waals surface area contributed by atoms with E-state index >= 15 is 0 Å². The number of nitrogens with two attached hydrogens (primary N) is 1. The van der Waals surface area contributed by atoms with Crippen LogP contribution in [0.5, 0.6) is 6.01 Å². The number of amides is 1. The second-order valence-electron chi connectivity index (χ2n) is 5.84. The van der Waals surface area contributed by atoms with Crippen LogP contribution in [-0.4, -0.2) is 39.9 Å². The molecule has 6 nitrogen and oxygen atoms in total. The predicted octanol–water partition coefficient (Wildman–Crippen LogP) is 1.69. The molecule has 134 valence electrons. The summed E-state index contributed by atoms with van der Waals surface area (Å²) in [6, 6.07) is 9.46. The number of likely N-dealkylation sites (N-methyl/N-ethyl adjacent to an activating group) is 1. The molecule has 2 aromatic rings. The van der Waals surface area contributed by atoms with Crippen molar-refractivity contribution in [3.05, 3.63) is 53.3 Å². The zero-order valence-corrected chi connectivity index (χ0v) is 15.5. The number of benzene rings is 1. The van der Waals surface area contributed by atoms with Crippen LogP contribution < -0.4 is 10.5 Å². The van der Waals surface area contributed by atoms with Gasteiger partial charge in [-0.15, -0.1) is 6.42 Å². The van der Waals surface area contributed by atoms with Gasteiger partial charge in [0.2, 0.25) is 5.91 Å². The summed E-state index contributed by atoms with van der Waals surface area (Å²) in [6.45, 7) is 0.265. The molecule has 1 unspecified atom stereocenters. The van der Waals surface area contributed by atoms with Crippen LogP contribution >= 0.6 is 12.2 Å². The third kappa shape index (κ3) is 5.26. The van der Waals surface area contributed by atoms with Gasteiger partial charge in [-0.1, -0.05) is 42.4 Å². The van der Waals surface area contributed by atoms with E-state index in [0.29, 0.717) is 12.1 Å². The van der Waals surface area contributed by atoms with Crippen molar-refractivity contribution in [3.63, 3.8) is 0 Å². The summed E-state index contributed by atoms with van der Waals surface area (Å²) < 4.78 is 5.64. The van der Waals surface area contributed by atoms with Gasteiger partial charge in [-0.3, -0.25) is 4.79 Å². The minimum Gasteiger partial charge on any atom is -0.459 e. The molecule has 1 aromatic carbocycles. The lowest BCUT2D eigenvalue weighted by Gasteiger charge is -2.12. The highest BCUT2D eigenvalue weighted by molar-refractivity contribution is 7.80. The molecule has 7 heteroatoms. The summed E-state index contributed by atoms with van der Waals surface area (Å²) in [6.07, 6.45) is 7.33. The highest BCUT2D eigenvalue weighted by atomic mass is 32.1. The van der Waals surface area contributed by atoms with Gasteiger partial charge < -0.3 is 15.4 Å². The summed E-state index contributed by atoms with van der Waals surface area (Å²) in [5.74, 6) is 1.99. The summed E-state index contributed by atoms with van der Waals surface area (Å²) in [4.78, 5) is 21.9. The van der Waals surface area contributed by atoms with E-state index in [4.69, 9.17) is 29.1 Å². The standard InChI is InChI=1S/C19H20N4O2S/c1-4-15(18(20)26)16-8-9-21-19(22-16)25-12-14-7-5-6-13(10-14)11-17(24)23(2)3/h1,5-10,15H,11-12H2,2-3H3,(H2,20,26). The van der Waals surface area contributed by atoms with Crippen LogP contribution in [0.25, 0.3) is 0 Å². The maximum atomic E-state index is 11.8. The molecule has 26 heavy (non-hydrogen) atoms. The third-order valence-electron chi connectivity index (χ3n) is 3.62. The van der Waals surface area contributed by atoms with E-state index in [-0.39, 0.29) is 23.5 Å². The molecule has 0 radical (unpaired) electrons. The first-order valence-corrected chi connectivity index (χ1v) is 8.30. The first kappa shape index (κ1) is 19.3. The first-order chi connectivity index (χ1) is 12.4. The minimum absolute atomic E-state index is 0.0391. The summed E-state index contributed by atoms with van der Waals surface area (Å²) in [7, 11) is 3.46. The van der Waals surface area contributed by atoms with Gasteiger partial charge in [0, 0.05) is 20.3 Å². The van der Waals surface area contributed by atoms with Crippen LogP contribution in [0.2, 0.25) is 0 Å². The molecule has 0 bridgehead atoms. The van der Waals surface area contributed by atoms with Gasteiger partial charge in [0.15, 0.2) is 0 Å². The summed E-state index contributed by atoms with van der Waals surface area (Å²) in [5.41, 5.74) is 7.98. The van der Waals surface area contributed by atoms with Gasteiger partial charge >= 0.3 is 6.01 Å². The molecule has 1 amide bonds. The second-order valence-corrected chi connectivity index (χ2v) is 6.31. The molecule has 0 aliphatic carbocycles. The average molecular weight is 368 g/mol. The highest BCUT2D eigenvalue weighted by Gasteiger charge is 2.14. The van der Waals surface area contributed by atoms with Crippen molar-refractivity contribution in [3.8, 4) is 18.4 Å². The van der Waals surface area contributed by atoms with E-state index in [1.807, 2.05) is 24.3 Å². The van der Waals surface area contributed by atoms with E-state index in [0.717, 1.165) is 11.1 Å². The Balaban J connectivity index is 2.06. The van der Waals surface area contributed by atoms with Crippen LogP contribution in [0.4, 0.5) is 0 Å². The van der Waals surface area contributed by atoms with Gasteiger partial charge in [0.1, 0.15) is 12.5 Å². The second kappa shape index (κ2) is 8.92. The average Bonchev–Trinajstić information content (AvgIpc) is 2.61. The van der Waals surface area contributed by atoms with Crippen molar-refractivity contribution in [2.24, 2.45) is 5.73 Å². The lowest BCUT2D eigenvalue weighted by molar-refractivity contribution is -0.127. The lowest BCUT2D eigenvalue weighted by Crippen LogP contribution is -2.23. The molecule has 0 fully saturated rings. The molecule has 0 saturated carbocycles. The van der Waals surface area contributed by atoms with Crippen LogP contribution in [0, 0.1) is 12.3 Å². The SMILES string of the molecule is C#CC(C(N)=S)c1ccnc(OCc2cccc(CC(=O)N(C)C)c2)n1. The van der Waals surface area contributed by atoms with Gasteiger partial charge in [0.05, 0.1) is 17.1 Å². The zero-order chi connectivity index (χ0) is 19.1. The number of carbonyl (C=O) groups is 1. The number of hydrogen-bond donors (Lipinski definition) is 1. The van der Waals surface area contributed by atoms with Crippen molar-refractivity contribution >= 4 is 23.1 Å². The Morgan fingerprint density at radius 1 is 1.38 bits per heavy atom. The number of aromatic nitrogens is 2. The Hall–Kier alpha value is -2.98. The molecule has 1 heterocycles. The Morgan fingerprint density at radius 3 is 2.77 bits per heavy atom. The van der Waals surface area contributed by atoms with E-state index < -0.39 is 5.92 Å². The molecular formula is C19H20N4O2S. The number of terminal acetylenes is 1. The molecule has 0 aliphatic heterocycles. The van der Waals surface area contributed by atoms with Crippen molar-refractivity contribution in [1.82, 2.24) is 14.9 Å². The van der Waals surface area contributed by atoms with Crippen molar-refractivity contribution in [2.75, 3.05) is 14.1 Å². The van der Waals surface area contributed by atoms with Crippen molar-refractivity contribution < 1.29 is 9.53 Å². The monoisotopic (exact) mass is 368 g/mol. The lowest BCUT2D eigenvalue weighted by atomic mass is 10.1. The van der Waals surface area contributed by atoms with Crippen LogP contribution in [0.3, 0.4) is 0 Å². The largest absolute Gasteiger partial charge is 0.459 e. The van der Waals surface area contributed by atoms with Crippen LogP contribution in [0.1, 0.15) is 22.7 Å². The minimum atomic E-state index is -0.560. The normalized spacial score (nSPS) is 11.3. The molecule has 2 rings (SSSR count). The number of rotatable bonds is 7. The number of ether oxygens (including phenoxy) is 1. The number of thiocarbonyl (C=S) groups is 1. The quantitative estimate of drug-likeness (QED) is 0.592. The summed E-state index contributed by atoms with van der Waals surface area (Å²) >= 11 is 4.95. The van der Waals surface area contributed by atoms with E-state index in [1.54, 1.807) is 31.3 Å². The Kier molecular flexibility index (Phi) is 6.64. The molecular weight excluding hydrogens is 348 g/mol. The smallest absolute Gasteiger partial charge is 0.316 e. The van der Waals surface area contributed by atoms with E-state index in [9.17, 15) is 4.79 Å². The van der Waals surface area contributed by atoms with Gasteiger partial charge in [-0.2, -0.15) is 4.98 Å². The van der Waals surface area contributed by atoms with Gasteiger partial charge in [0.25, 0.3) is 0 Å². The predicted molar refractivity (Wildman–Crippen MR) is 104 cm³/mol. The highest BCUT2D eigenvalue weighted by Crippen LogP contribution is 2.16. The van der Waals surface area contributed by atoms with Gasteiger partial charge in [-0.25, -0.2) is 4.98 Å². The van der Waals surface area contributed by atoms with Crippen LogP contribution in [-0.2, 0) is 17.8 Å². The molecule has 0 saturated heterocycles. The Bertz CT molecular complexity index is 845. The number of nitrogens with zero attached hydrogens (tertiary/aromatic N) is 3. The maximum absolute atomic E-state index is 11.8. The Labute approximate surface area is 158 Å².